The van der Waals surface area contributed by atoms with E-state index in [1.807, 2.05) is 18.2 Å². The monoisotopic (exact) mass is 352 g/mol. The smallest absolute Gasteiger partial charge is 0.250 e. The van der Waals surface area contributed by atoms with E-state index in [1.165, 1.54) is 5.56 Å². The lowest BCUT2D eigenvalue weighted by molar-refractivity contribution is 0.1000. The third-order valence-corrected chi connectivity index (χ3v) is 4.26. The summed E-state index contributed by atoms with van der Waals surface area (Å²) >= 11 is 9.75. The molecule has 0 spiro atoms. The van der Waals surface area contributed by atoms with Crippen molar-refractivity contribution in [1.82, 2.24) is 4.98 Å². The number of rotatable bonds is 5. The van der Waals surface area contributed by atoms with Crippen LogP contribution in [0.2, 0.25) is 5.02 Å². The number of amides is 1. The Morgan fingerprint density at radius 1 is 1.30 bits per heavy atom. The molecule has 0 bridgehead atoms. The SMILES string of the molecule is NC(=O)c1ccnc(C(CBr)Cc2ccccc2)c1Cl. The van der Waals surface area contributed by atoms with Crippen molar-refractivity contribution >= 4 is 33.4 Å². The number of nitrogens with zero attached hydrogens (tertiary/aromatic N) is 1. The third-order valence-electron chi connectivity index (χ3n) is 3.08. The van der Waals surface area contributed by atoms with E-state index >= 15 is 0 Å². The van der Waals surface area contributed by atoms with Crippen molar-refractivity contribution in [3.63, 3.8) is 0 Å². The van der Waals surface area contributed by atoms with Crippen molar-refractivity contribution in [2.45, 2.75) is 12.3 Å². The van der Waals surface area contributed by atoms with Gasteiger partial charge in [-0.2, -0.15) is 0 Å². The van der Waals surface area contributed by atoms with Crippen LogP contribution in [-0.2, 0) is 6.42 Å². The summed E-state index contributed by atoms with van der Waals surface area (Å²) in [5.41, 5.74) is 7.52. The highest BCUT2D eigenvalue weighted by Gasteiger charge is 2.19. The maximum absolute atomic E-state index is 11.3. The molecule has 1 aromatic heterocycles. The number of nitrogens with two attached hydrogens (primary N) is 1. The Morgan fingerprint density at radius 3 is 2.60 bits per heavy atom. The van der Waals surface area contributed by atoms with Crippen LogP contribution in [0.15, 0.2) is 42.6 Å². The molecule has 0 aliphatic rings. The van der Waals surface area contributed by atoms with E-state index in [2.05, 4.69) is 33.0 Å². The summed E-state index contributed by atoms with van der Waals surface area (Å²) in [5.74, 6) is -0.448. The van der Waals surface area contributed by atoms with Crippen molar-refractivity contribution in [3.05, 3.63) is 64.4 Å². The number of carbonyl (C=O) groups is 1. The van der Waals surface area contributed by atoms with Crippen molar-refractivity contribution in [2.24, 2.45) is 5.73 Å². The average molecular weight is 354 g/mol. The van der Waals surface area contributed by atoms with Crippen LogP contribution in [0.4, 0.5) is 0 Å². The van der Waals surface area contributed by atoms with Gasteiger partial charge in [0, 0.05) is 17.4 Å². The van der Waals surface area contributed by atoms with Crippen LogP contribution >= 0.6 is 27.5 Å². The summed E-state index contributed by atoms with van der Waals surface area (Å²) in [5, 5.41) is 1.05. The molecule has 5 heteroatoms. The van der Waals surface area contributed by atoms with Gasteiger partial charge in [0.2, 0.25) is 5.91 Å². The lowest BCUT2D eigenvalue weighted by Gasteiger charge is -2.16. The number of alkyl halides is 1. The topological polar surface area (TPSA) is 56.0 Å². The number of pyridine rings is 1. The van der Waals surface area contributed by atoms with E-state index in [-0.39, 0.29) is 5.92 Å². The number of benzene rings is 1. The second kappa shape index (κ2) is 6.86. The minimum Gasteiger partial charge on any atom is -0.366 e. The van der Waals surface area contributed by atoms with E-state index in [1.54, 1.807) is 12.3 Å². The number of aromatic nitrogens is 1. The molecule has 1 amide bonds. The number of halogens is 2. The number of hydrogen-bond acceptors (Lipinski definition) is 2. The number of hydrogen-bond donors (Lipinski definition) is 1. The highest BCUT2D eigenvalue weighted by Crippen LogP contribution is 2.29. The Hall–Kier alpha value is -1.39. The summed E-state index contributed by atoms with van der Waals surface area (Å²) in [6.07, 6.45) is 2.36. The van der Waals surface area contributed by atoms with E-state index in [0.717, 1.165) is 6.42 Å². The zero-order chi connectivity index (χ0) is 14.5. The molecule has 0 radical (unpaired) electrons. The first kappa shape index (κ1) is 15.0. The first-order chi connectivity index (χ1) is 9.63. The molecule has 0 aliphatic carbocycles. The van der Waals surface area contributed by atoms with Crippen LogP contribution in [0.1, 0.15) is 27.5 Å². The molecule has 2 aromatic rings. The molecular weight excluding hydrogens is 340 g/mol. The van der Waals surface area contributed by atoms with Gasteiger partial charge in [0.1, 0.15) is 0 Å². The fraction of sp³-hybridized carbons (Fsp3) is 0.200. The molecule has 2 rings (SSSR count). The fourth-order valence-electron chi connectivity index (χ4n) is 2.06. The first-order valence-corrected chi connectivity index (χ1v) is 7.67. The Morgan fingerprint density at radius 2 is 2.00 bits per heavy atom. The highest BCUT2D eigenvalue weighted by molar-refractivity contribution is 9.09. The fourth-order valence-corrected chi connectivity index (χ4v) is 2.95. The quantitative estimate of drug-likeness (QED) is 0.836. The maximum Gasteiger partial charge on any atom is 0.250 e. The molecule has 1 unspecified atom stereocenters. The normalized spacial score (nSPS) is 12.1. The Balaban J connectivity index is 2.33. The summed E-state index contributed by atoms with van der Waals surface area (Å²) in [7, 11) is 0. The predicted octanol–water partition coefficient (Wildman–Crippen LogP) is 3.56. The summed E-state index contributed by atoms with van der Waals surface area (Å²) in [4.78, 5) is 15.7. The Kier molecular flexibility index (Phi) is 5.15. The van der Waals surface area contributed by atoms with Gasteiger partial charge >= 0.3 is 0 Å². The molecule has 0 fully saturated rings. The van der Waals surface area contributed by atoms with Crippen LogP contribution in [-0.4, -0.2) is 16.2 Å². The first-order valence-electron chi connectivity index (χ1n) is 6.17. The summed E-state index contributed by atoms with van der Waals surface area (Å²) < 4.78 is 0. The van der Waals surface area contributed by atoms with Crippen molar-refractivity contribution < 1.29 is 4.79 Å². The van der Waals surface area contributed by atoms with Crippen LogP contribution in [0.5, 0.6) is 0 Å². The molecule has 1 heterocycles. The van der Waals surface area contributed by atoms with Crippen LogP contribution in [0.25, 0.3) is 0 Å². The molecule has 2 N–H and O–H groups in total. The molecule has 1 aromatic carbocycles. The predicted molar refractivity (Wildman–Crippen MR) is 84.4 cm³/mol. The maximum atomic E-state index is 11.3. The largest absolute Gasteiger partial charge is 0.366 e. The average Bonchev–Trinajstić information content (AvgIpc) is 2.46. The third kappa shape index (κ3) is 3.38. The van der Waals surface area contributed by atoms with Gasteiger partial charge in [0.25, 0.3) is 0 Å². The van der Waals surface area contributed by atoms with Gasteiger partial charge in [0.15, 0.2) is 0 Å². The molecule has 0 saturated heterocycles. The number of primary amides is 1. The summed E-state index contributed by atoms with van der Waals surface area (Å²) in [6, 6.07) is 11.6. The Bertz CT molecular complexity index is 604. The second-order valence-corrected chi connectivity index (χ2v) is 5.49. The van der Waals surface area contributed by atoms with E-state index in [9.17, 15) is 4.79 Å². The lowest BCUT2D eigenvalue weighted by Crippen LogP contribution is -2.15. The van der Waals surface area contributed by atoms with Crippen molar-refractivity contribution in [1.29, 1.82) is 0 Å². The number of carbonyl (C=O) groups excluding carboxylic acids is 1. The molecule has 3 nitrogen and oxygen atoms in total. The van der Waals surface area contributed by atoms with Gasteiger partial charge in [-0.3, -0.25) is 9.78 Å². The van der Waals surface area contributed by atoms with Gasteiger partial charge in [-0.25, -0.2) is 0 Å². The van der Waals surface area contributed by atoms with Crippen LogP contribution in [0.3, 0.4) is 0 Å². The summed E-state index contributed by atoms with van der Waals surface area (Å²) in [6.45, 7) is 0. The zero-order valence-corrected chi connectivity index (χ0v) is 13.1. The van der Waals surface area contributed by atoms with Crippen molar-refractivity contribution in [2.75, 3.05) is 5.33 Å². The molecule has 20 heavy (non-hydrogen) atoms. The Labute approximate surface area is 131 Å². The molecular formula is C15H14BrClN2O. The van der Waals surface area contributed by atoms with Gasteiger partial charge < -0.3 is 5.73 Å². The zero-order valence-electron chi connectivity index (χ0n) is 10.7. The molecule has 1 atom stereocenters. The standard InChI is InChI=1S/C15H14BrClN2O/c16-9-11(8-10-4-2-1-3-5-10)14-13(17)12(15(18)20)6-7-19-14/h1-7,11H,8-9H2,(H2,18,20). The van der Waals surface area contributed by atoms with Gasteiger partial charge in [-0.05, 0) is 18.1 Å². The van der Waals surface area contributed by atoms with Crippen LogP contribution < -0.4 is 5.73 Å². The van der Waals surface area contributed by atoms with Crippen LogP contribution in [0, 0.1) is 0 Å². The van der Waals surface area contributed by atoms with E-state index < -0.39 is 5.91 Å². The van der Waals surface area contributed by atoms with Gasteiger partial charge in [0.05, 0.1) is 16.3 Å². The van der Waals surface area contributed by atoms with E-state index in [0.29, 0.717) is 21.6 Å². The molecule has 0 aliphatic heterocycles. The lowest BCUT2D eigenvalue weighted by atomic mass is 9.96. The van der Waals surface area contributed by atoms with E-state index in [4.69, 9.17) is 17.3 Å². The molecule has 0 saturated carbocycles. The minimum atomic E-state index is -0.535. The molecule has 104 valence electrons. The van der Waals surface area contributed by atoms with Gasteiger partial charge in [-0.1, -0.05) is 57.9 Å². The minimum absolute atomic E-state index is 0.0872. The van der Waals surface area contributed by atoms with Crippen molar-refractivity contribution in [3.8, 4) is 0 Å². The second-order valence-electron chi connectivity index (χ2n) is 4.46. The highest BCUT2D eigenvalue weighted by atomic mass is 79.9. The van der Waals surface area contributed by atoms with Gasteiger partial charge in [-0.15, -0.1) is 0 Å².